The topological polar surface area (TPSA) is 59.0 Å². The van der Waals surface area contributed by atoms with Crippen molar-refractivity contribution in [3.63, 3.8) is 0 Å². The van der Waals surface area contributed by atoms with E-state index in [1.807, 2.05) is 29.9 Å². The van der Waals surface area contributed by atoms with Crippen LogP contribution >= 0.6 is 0 Å². The zero-order chi connectivity index (χ0) is 16.2. The molecule has 0 spiro atoms. The number of hydrogen-bond acceptors (Lipinski definition) is 2. The highest BCUT2D eigenvalue weighted by atomic mass is 19.1. The number of nitrogens with zero attached hydrogens (tertiary/aromatic N) is 2. The highest BCUT2D eigenvalue weighted by Gasteiger charge is 2.07. The molecule has 0 aliphatic carbocycles. The second-order valence-corrected chi connectivity index (χ2v) is 5.28. The summed E-state index contributed by atoms with van der Waals surface area (Å²) in [6, 6.07) is 9.36. The number of fused-ring (bicyclic) bond motifs is 1. The van der Waals surface area contributed by atoms with E-state index in [2.05, 4.69) is 15.6 Å². The molecule has 3 rings (SSSR count). The maximum absolute atomic E-state index is 13.1. The third-order valence-corrected chi connectivity index (χ3v) is 3.58. The monoisotopic (exact) mass is 312 g/mol. The second kappa shape index (κ2) is 6.48. The molecule has 0 unspecified atom stereocenters. The van der Waals surface area contributed by atoms with Crippen LogP contribution < -0.4 is 10.6 Å². The lowest BCUT2D eigenvalue weighted by molar-refractivity contribution is 0.252. The number of aryl methyl sites for hydroxylation is 1. The van der Waals surface area contributed by atoms with Gasteiger partial charge in [-0.25, -0.2) is 14.2 Å². The van der Waals surface area contributed by atoms with Crippen LogP contribution in [0, 0.1) is 5.82 Å². The molecule has 118 valence electrons. The van der Waals surface area contributed by atoms with Gasteiger partial charge in [-0.3, -0.25) is 0 Å². The normalized spacial score (nSPS) is 10.7. The summed E-state index contributed by atoms with van der Waals surface area (Å²) >= 11 is 0. The standard InChI is InChI=1S/C17H17FN4O/c1-22-11-12(15-6-3-8-19-16(15)22)7-9-20-17(23)21-14-5-2-4-13(18)10-14/h2-6,8,10-11H,7,9H2,1H3,(H2,20,21,23). The maximum Gasteiger partial charge on any atom is 0.319 e. The number of aromatic nitrogens is 2. The Bertz CT molecular complexity index is 843. The number of carbonyl (C=O) groups is 1. The van der Waals surface area contributed by atoms with E-state index in [1.165, 1.54) is 12.1 Å². The van der Waals surface area contributed by atoms with Crippen LogP contribution in [0.25, 0.3) is 11.0 Å². The Morgan fingerprint density at radius 3 is 3.00 bits per heavy atom. The van der Waals surface area contributed by atoms with Crippen LogP contribution in [0.4, 0.5) is 14.9 Å². The Balaban J connectivity index is 1.57. The maximum atomic E-state index is 13.1. The Hall–Kier alpha value is -2.89. The van der Waals surface area contributed by atoms with E-state index in [1.54, 1.807) is 18.3 Å². The second-order valence-electron chi connectivity index (χ2n) is 5.28. The quantitative estimate of drug-likeness (QED) is 0.778. The smallest absolute Gasteiger partial charge is 0.319 e. The van der Waals surface area contributed by atoms with Gasteiger partial charge in [0.1, 0.15) is 11.5 Å². The first kappa shape index (κ1) is 15.0. The number of anilines is 1. The molecule has 0 bridgehead atoms. The molecule has 2 N–H and O–H groups in total. The molecule has 0 aliphatic rings. The Labute approximate surface area is 133 Å². The average Bonchev–Trinajstić information content (AvgIpc) is 2.84. The summed E-state index contributed by atoms with van der Waals surface area (Å²) in [6.45, 7) is 0.481. The molecule has 6 heteroatoms. The van der Waals surface area contributed by atoms with E-state index >= 15 is 0 Å². The zero-order valence-electron chi connectivity index (χ0n) is 12.7. The van der Waals surface area contributed by atoms with Gasteiger partial charge in [0.2, 0.25) is 0 Å². The summed E-state index contributed by atoms with van der Waals surface area (Å²) in [6.07, 6.45) is 4.47. The third-order valence-electron chi connectivity index (χ3n) is 3.58. The number of amides is 2. The molecule has 2 amide bonds. The van der Waals surface area contributed by atoms with Crippen LogP contribution in [0.15, 0.2) is 48.8 Å². The lowest BCUT2D eigenvalue weighted by atomic mass is 10.1. The lowest BCUT2D eigenvalue weighted by Crippen LogP contribution is -2.30. The third kappa shape index (κ3) is 3.48. The van der Waals surface area contributed by atoms with Gasteiger partial charge in [0.15, 0.2) is 0 Å². The first-order valence-corrected chi connectivity index (χ1v) is 7.33. The fourth-order valence-electron chi connectivity index (χ4n) is 2.54. The number of carbonyl (C=O) groups excluding carboxylic acids is 1. The first-order chi connectivity index (χ1) is 11.1. The van der Waals surface area contributed by atoms with Gasteiger partial charge in [-0.2, -0.15) is 0 Å². The number of hydrogen-bond donors (Lipinski definition) is 2. The van der Waals surface area contributed by atoms with E-state index in [0.717, 1.165) is 16.6 Å². The van der Waals surface area contributed by atoms with Gasteiger partial charge in [0.25, 0.3) is 0 Å². The first-order valence-electron chi connectivity index (χ1n) is 7.33. The van der Waals surface area contributed by atoms with E-state index in [0.29, 0.717) is 18.7 Å². The summed E-state index contributed by atoms with van der Waals surface area (Å²) < 4.78 is 15.0. The number of rotatable bonds is 4. The fourth-order valence-corrected chi connectivity index (χ4v) is 2.54. The average molecular weight is 312 g/mol. The van der Waals surface area contributed by atoms with Crippen molar-refractivity contribution in [1.82, 2.24) is 14.9 Å². The molecular weight excluding hydrogens is 295 g/mol. The number of halogens is 1. The van der Waals surface area contributed by atoms with Gasteiger partial charge in [0.05, 0.1) is 0 Å². The van der Waals surface area contributed by atoms with Crippen molar-refractivity contribution in [2.45, 2.75) is 6.42 Å². The van der Waals surface area contributed by atoms with Crippen LogP contribution in [-0.4, -0.2) is 22.1 Å². The van der Waals surface area contributed by atoms with E-state index in [4.69, 9.17) is 0 Å². The minimum absolute atomic E-state index is 0.353. The van der Waals surface area contributed by atoms with E-state index < -0.39 is 0 Å². The van der Waals surface area contributed by atoms with Gasteiger partial charge in [0, 0.05) is 37.1 Å². The summed E-state index contributed by atoms with van der Waals surface area (Å²) in [4.78, 5) is 16.2. The molecule has 23 heavy (non-hydrogen) atoms. The van der Waals surface area contributed by atoms with Crippen molar-refractivity contribution in [2.24, 2.45) is 7.05 Å². The fraction of sp³-hybridized carbons (Fsp3) is 0.176. The Morgan fingerprint density at radius 2 is 2.17 bits per heavy atom. The Kier molecular flexibility index (Phi) is 4.23. The molecule has 0 fully saturated rings. The predicted octanol–water partition coefficient (Wildman–Crippen LogP) is 3.08. The molecule has 0 radical (unpaired) electrons. The highest BCUT2D eigenvalue weighted by Crippen LogP contribution is 2.18. The van der Waals surface area contributed by atoms with Crippen molar-refractivity contribution in [2.75, 3.05) is 11.9 Å². The van der Waals surface area contributed by atoms with Crippen molar-refractivity contribution >= 4 is 22.8 Å². The molecule has 0 atom stereocenters. The lowest BCUT2D eigenvalue weighted by Gasteiger charge is -2.07. The van der Waals surface area contributed by atoms with Crippen LogP contribution in [-0.2, 0) is 13.5 Å². The van der Waals surface area contributed by atoms with E-state index in [9.17, 15) is 9.18 Å². The van der Waals surface area contributed by atoms with Crippen LogP contribution in [0.1, 0.15) is 5.56 Å². The van der Waals surface area contributed by atoms with E-state index in [-0.39, 0.29) is 11.8 Å². The van der Waals surface area contributed by atoms with Gasteiger partial charge >= 0.3 is 6.03 Å². The molecule has 0 aliphatic heterocycles. The SMILES string of the molecule is Cn1cc(CCNC(=O)Nc2cccc(F)c2)c2cccnc21. The Morgan fingerprint density at radius 1 is 1.30 bits per heavy atom. The highest BCUT2D eigenvalue weighted by molar-refractivity contribution is 5.89. The molecule has 3 aromatic rings. The van der Waals surface area contributed by atoms with Gasteiger partial charge < -0.3 is 15.2 Å². The molecule has 0 saturated heterocycles. The predicted molar refractivity (Wildman–Crippen MR) is 87.8 cm³/mol. The molecule has 2 heterocycles. The van der Waals surface area contributed by atoms with Gasteiger partial charge in [-0.05, 0) is 42.3 Å². The summed E-state index contributed by atoms with van der Waals surface area (Å²) in [5.74, 6) is -0.383. The largest absolute Gasteiger partial charge is 0.338 e. The summed E-state index contributed by atoms with van der Waals surface area (Å²) in [7, 11) is 1.95. The number of benzene rings is 1. The molecule has 2 aromatic heterocycles. The molecule has 0 saturated carbocycles. The van der Waals surface area contributed by atoms with Gasteiger partial charge in [-0.1, -0.05) is 6.07 Å². The van der Waals surface area contributed by atoms with Crippen LogP contribution in [0.5, 0.6) is 0 Å². The molecular formula is C17H17FN4O. The van der Waals surface area contributed by atoms with Crippen molar-refractivity contribution in [1.29, 1.82) is 0 Å². The minimum atomic E-state index is -0.383. The minimum Gasteiger partial charge on any atom is -0.338 e. The van der Waals surface area contributed by atoms with Crippen molar-refractivity contribution in [3.05, 3.63) is 60.2 Å². The van der Waals surface area contributed by atoms with Crippen LogP contribution in [0.3, 0.4) is 0 Å². The molecule has 1 aromatic carbocycles. The number of pyridine rings is 1. The van der Waals surface area contributed by atoms with Crippen molar-refractivity contribution in [3.8, 4) is 0 Å². The zero-order valence-corrected chi connectivity index (χ0v) is 12.7. The number of urea groups is 1. The van der Waals surface area contributed by atoms with Crippen LogP contribution in [0.2, 0.25) is 0 Å². The van der Waals surface area contributed by atoms with Gasteiger partial charge in [-0.15, -0.1) is 0 Å². The number of nitrogens with one attached hydrogen (secondary N) is 2. The van der Waals surface area contributed by atoms with Crippen molar-refractivity contribution < 1.29 is 9.18 Å². The summed E-state index contributed by atoms with van der Waals surface area (Å²) in [5, 5.41) is 6.46. The molecule has 5 nitrogen and oxygen atoms in total. The summed E-state index contributed by atoms with van der Waals surface area (Å²) in [5.41, 5.74) is 2.48.